The Bertz CT molecular complexity index is 598. The number of aryl methyl sites for hydroxylation is 3. The number of nitrogens with one attached hydrogen (secondary N) is 2. The van der Waals surface area contributed by atoms with Crippen LogP contribution in [0, 0.1) is 13.8 Å². The van der Waals surface area contributed by atoms with E-state index in [9.17, 15) is 0 Å². The molecule has 2 aromatic heterocycles. The number of aromatic nitrogens is 4. The predicted molar refractivity (Wildman–Crippen MR) is 92.5 cm³/mol. The third-order valence-corrected chi connectivity index (χ3v) is 3.44. The van der Waals surface area contributed by atoms with Gasteiger partial charge in [0, 0.05) is 44.3 Å². The fraction of sp³-hybridized carbons (Fsp3) is 0.562. The normalized spacial score (nSPS) is 11.7. The number of rotatable bonds is 8. The van der Waals surface area contributed by atoms with Crippen molar-refractivity contribution in [2.24, 2.45) is 4.99 Å². The molecule has 0 aromatic carbocycles. The van der Waals surface area contributed by atoms with E-state index >= 15 is 0 Å². The lowest BCUT2D eigenvalue weighted by molar-refractivity contribution is 0.565. The van der Waals surface area contributed by atoms with Crippen LogP contribution in [0.5, 0.6) is 0 Å². The second kappa shape index (κ2) is 8.97. The fourth-order valence-corrected chi connectivity index (χ4v) is 2.38. The van der Waals surface area contributed by atoms with Crippen LogP contribution in [-0.2, 0) is 13.1 Å². The minimum Gasteiger partial charge on any atom is -0.357 e. The van der Waals surface area contributed by atoms with E-state index in [2.05, 4.69) is 45.7 Å². The Balaban J connectivity index is 1.73. The van der Waals surface area contributed by atoms with Gasteiger partial charge in [0.1, 0.15) is 0 Å². The van der Waals surface area contributed by atoms with Crippen molar-refractivity contribution in [3.05, 3.63) is 35.9 Å². The van der Waals surface area contributed by atoms with Gasteiger partial charge in [0.25, 0.3) is 0 Å². The largest absolute Gasteiger partial charge is 0.357 e. The molecule has 2 rings (SSSR count). The monoisotopic (exact) mass is 317 g/mol. The van der Waals surface area contributed by atoms with Gasteiger partial charge in [-0.1, -0.05) is 0 Å². The maximum Gasteiger partial charge on any atom is 0.191 e. The van der Waals surface area contributed by atoms with Crippen molar-refractivity contribution >= 4 is 5.96 Å². The number of nitrogens with zero attached hydrogens (tertiary/aromatic N) is 5. The Morgan fingerprint density at radius 3 is 2.78 bits per heavy atom. The first-order valence-corrected chi connectivity index (χ1v) is 8.19. The third kappa shape index (κ3) is 5.77. The van der Waals surface area contributed by atoms with Crippen molar-refractivity contribution in [1.82, 2.24) is 30.2 Å². The van der Waals surface area contributed by atoms with Crippen LogP contribution in [-0.4, -0.2) is 45.2 Å². The van der Waals surface area contributed by atoms with Crippen LogP contribution >= 0.6 is 0 Å². The molecule has 2 heterocycles. The quantitative estimate of drug-likeness (QED) is 0.438. The Morgan fingerprint density at radius 2 is 2.13 bits per heavy atom. The van der Waals surface area contributed by atoms with Crippen molar-refractivity contribution < 1.29 is 0 Å². The molecular weight excluding hydrogens is 290 g/mol. The summed E-state index contributed by atoms with van der Waals surface area (Å²) in [5, 5.41) is 15.2. The standard InChI is InChI=1S/C16H27N7/c1-4-17-16(19-9-12-22-10-6-8-20-22)18-7-5-11-23-15(3)13-14(2)21-23/h6,8,10,13H,4-5,7,9,11-12H2,1-3H3,(H2,17,18,19). The van der Waals surface area contributed by atoms with Gasteiger partial charge in [-0.05, 0) is 39.3 Å². The van der Waals surface area contributed by atoms with E-state index in [0.29, 0.717) is 0 Å². The molecule has 126 valence electrons. The third-order valence-electron chi connectivity index (χ3n) is 3.44. The van der Waals surface area contributed by atoms with Gasteiger partial charge in [-0.3, -0.25) is 14.4 Å². The summed E-state index contributed by atoms with van der Waals surface area (Å²) >= 11 is 0. The van der Waals surface area contributed by atoms with E-state index in [1.807, 2.05) is 28.6 Å². The average Bonchev–Trinajstić information content (AvgIpc) is 3.13. The summed E-state index contributed by atoms with van der Waals surface area (Å²) < 4.78 is 3.95. The van der Waals surface area contributed by atoms with E-state index in [1.165, 1.54) is 5.69 Å². The summed E-state index contributed by atoms with van der Waals surface area (Å²) in [5.74, 6) is 0.855. The summed E-state index contributed by atoms with van der Waals surface area (Å²) in [7, 11) is 0. The van der Waals surface area contributed by atoms with Crippen LogP contribution in [0.1, 0.15) is 24.7 Å². The molecule has 0 aliphatic heterocycles. The van der Waals surface area contributed by atoms with Crippen LogP contribution in [0.15, 0.2) is 29.5 Å². The van der Waals surface area contributed by atoms with Gasteiger partial charge in [-0.15, -0.1) is 0 Å². The predicted octanol–water partition coefficient (Wildman–Crippen LogP) is 1.34. The molecule has 0 unspecified atom stereocenters. The highest BCUT2D eigenvalue weighted by Gasteiger charge is 2.01. The van der Waals surface area contributed by atoms with Crippen molar-refractivity contribution in [3.8, 4) is 0 Å². The SMILES string of the molecule is CCNC(=NCCCn1nc(C)cc1C)NCCn1cccn1. The summed E-state index contributed by atoms with van der Waals surface area (Å²) in [5.41, 5.74) is 2.27. The van der Waals surface area contributed by atoms with Crippen molar-refractivity contribution in [2.45, 2.75) is 40.3 Å². The van der Waals surface area contributed by atoms with Crippen LogP contribution in [0.4, 0.5) is 0 Å². The first-order valence-electron chi connectivity index (χ1n) is 8.19. The molecule has 2 N–H and O–H groups in total. The number of hydrogen-bond acceptors (Lipinski definition) is 3. The van der Waals surface area contributed by atoms with E-state index < -0.39 is 0 Å². The second-order valence-corrected chi connectivity index (χ2v) is 5.46. The van der Waals surface area contributed by atoms with E-state index in [-0.39, 0.29) is 0 Å². The van der Waals surface area contributed by atoms with E-state index in [4.69, 9.17) is 0 Å². The average molecular weight is 317 g/mol. The zero-order valence-electron chi connectivity index (χ0n) is 14.3. The number of hydrogen-bond donors (Lipinski definition) is 2. The zero-order chi connectivity index (χ0) is 16.5. The molecule has 0 radical (unpaired) electrons. The second-order valence-electron chi connectivity index (χ2n) is 5.46. The molecule has 0 atom stereocenters. The summed E-state index contributed by atoms with van der Waals surface area (Å²) in [4.78, 5) is 4.61. The lowest BCUT2D eigenvalue weighted by Gasteiger charge is -2.11. The van der Waals surface area contributed by atoms with E-state index in [1.54, 1.807) is 6.20 Å². The molecule has 23 heavy (non-hydrogen) atoms. The molecule has 0 spiro atoms. The maximum atomic E-state index is 4.61. The molecule has 0 aliphatic carbocycles. The van der Waals surface area contributed by atoms with Crippen LogP contribution < -0.4 is 10.6 Å². The molecular formula is C16H27N7. The molecule has 0 saturated carbocycles. The molecule has 7 heteroatoms. The highest BCUT2D eigenvalue weighted by Crippen LogP contribution is 2.02. The Morgan fingerprint density at radius 1 is 1.26 bits per heavy atom. The smallest absolute Gasteiger partial charge is 0.191 e. The van der Waals surface area contributed by atoms with Gasteiger partial charge in [0.05, 0.1) is 12.2 Å². The maximum absolute atomic E-state index is 4.61. The molecule has 0 saturated heterocycles. The Hall–Kier alpha value is -2.31. The van der Waals surface area contributed by atoms with E-state index in [0.717, 1.165) is 50.8 Å². The molecule has 2 aromatic rings. The highest BCUT2D eigenvalue weighted by molar-refractivity contribution is 5.79. The number of guanidine groups is 1. The Kier molecular flexibility index (Phi) is 6.65. The van der Waals surface area contributed by atoms with Crippen LogP contribution in [0.3, 0.4) is 0 Å². The molecule has 7 nitrogen and oxygen atoms in total. The number of aliphatic imine (C=N–C) groups is 1. The fourth-order valence-electron chi connectivity index (χ4n) is 2.38. The van der Waals surface area contributed by atoms with Gasteiger partial charge in [-0.25, -0.2) is 0 Å². The highest BCUT2D eigenvalue weighted by atomic mass is 15.3. The van der Waals surface area contributed by atoms with Crippen LogP contribution in [0.25, 0.3) is 0 Å². The van der Waals surface area contributed by atoms with Crippen LogP contribution in [0.2, 0.25) is 0 Å². The summed E-state index contributed by atoms with van der Waals surface area (Å²) in [6.45, 7) is 10.3. The van der Waals surface area contributed by atoms with Gasteiger partial charge < -0.3 is 10.6 Å². The van der Waals surface area contributed by atoms with Gasteiger partial charge in [0.2, 0.25) is 0 Å². The minimum atomic E-state index is 0.773. The van der Waals surface area contributed by atoms with Crippen molar-refractivity contribution in [2.75, 3.05) is 19.6 Å². The summed E-state index contributed by atoms with van der Waals surface area (Å²) in [6.07, 6.45) is 4.72. The first-order chi connectivity index (χ1) is 11.2. The lowest BCUT2D eigenvalue weighted by atomic mass is 10.4. The lowest BCUT2D eigenvalue weighted by Crippen LogP contribution is -2.39. The van der Waals surface area contributed by atoms with Gasteiger partial charge >= 0.3 is 0 Å². The first kappa shape index (κ1) is 17.1. The Labute approximate surface area is 137 Å². The minimum absolute atomic E-state index is 0.773. The summed E-state index contributed by atoms with van der Waals surface area (Å²) in [6, 6.07) is 4.03. The molecule has 0 fully saturated rings. The van der Waals surface area contributed by atoms with Gasteiger partial charge in [-0.2, -0.15) is 10.2 Å². The topological polar surface area (TPSA) is 72.1 Å². The van der Waals surface area contributed by atoms with Crippen molar-refractivity contribution in [1.29, 1.82) is 0 Å². The molecule has 0 bridgehead atoms. The zero-order valence-corrected chi connectivity index (χ0v) is 14.3. The molecule has 0 amide bonds. The molecule has 0 aliphatic rings. The van der Waals surface area contributed by atoms with Gasteiger partial charge in [0.15, 0.2) is 5.96 Å². The van der Waals surface area contributed by atoms with Crippen molar-refractivity contribution in [3.63, 3.8) is 0 Å².